The lowest BCUT2D eigenvalue weighted by molar-refractivity contribution is -0.132. The zero-order chi connectivity index (χ0) is 22.1. The van der Waals surface area contributed by atoms with E-state index in [-0.39, 0.29) is 30.7 Å². The van der Waals surface area contributed by atoms with E-state index < -0.39 is 0 Å². The molecule has 2 amide bonds. The van der Waals surface area contributed by atoms with Crippen molar-refractivity contribution in [2.75, 3.05) is 13.1 Å². The Balaban J connectivity index is 1.94. The van der Waals surface area contributed by atoms with Gasteiger partial charge in [0, 0.05) is 31.3 Å². The van der Waals surface area contributed by atoms with Crippen LogP contribution in [0.25, 0.3) is 6.08 Å². The average molecular weight is 435 g/mol. The maximum Gasteiger partial charge on any atom is 0.247 e. The normalized spacial score (nSPS) is 11.1. The number of carbonyl (C=O) groups is 2. The topological polar surface area (TPSA) is 67.2 Å². The SMILES string of the molecule is CCCCn1nc(C)c(C=CC(=O)N(CC)CC(=O)NCc2ccc(F)cc2)c1Cl. The molecule has 2 aromatic rings. The fourth-order valence-electron chi connectivity index (χ4n) is 2.85. The van der Waals surface area contributed by atoms with E-state index in [2.05, 4.69) is 17.3 Å². The molecule has 0 aliphatic carbocycles. The standard InChI is InChI=1S/C22H28ClFN4O2/c1-4-6-13-28-22(23)19(16(3)26-28)11-12-21(30)27(5-2)15-20(29)25-14-17-7-9-18(24)10-8-17/h7-12H,4-6,13-15H2,1-3H3,(H,25,29). The fraction of sp³-hybridized carbons (Fsp3) is 0.409. The second kappa shape index (κ2) is 11.5. The van der Waals surface area contributed by atoms with Crippen LogP contribution in [0.2, 0.25) is 5.15 Å². The molecule has 1 N–H and O–H groups in total. The molecule has 0 spiro atoms. The highest BCUT2D eigenvalue weighted by Gasteiger charge is 2.15. The van der Waals surface area contributed by atoms with Gasteiger partial charge in [-0.15, -0.1) is 0 Å². The van der Waals surface area contributed by atoms with Crippen LogP contribution in [-0.4, -0.2) is 39.6 Å². The lowest BCUT2D eigenvalue weighted by atomic mass is 10.2. The van der Waals surface area contributed by atoms with Gasteiger partial charge in [-0.05, 0) is 44.0 Å². The maximum atomic E-state index is 12.9. The van der Waals surface area contributed by atoms with Gasteiger partial charge in [0.05, 0.1) is 12.2 Å². The Morgan fingerprint density at radius 2 is 1.97 bits per heavy atom. The number of hydrogen-bond acceptors (Lipinski definition) is 3. The van der Waals surface area contributed by atoms with Crippen molar-refractivity contribution >= 4 is 29.5 Å². The number of rotatable bonds is 10. The Bertz CT molecular complexity index is 893. The minimum Gasteiger partial charge on any atom is -0.350 e. The summed E-state index contributed by atoms with van der Waals surface area (Å²) in [4.78, 5) is 26.2. The predicted molar refractivity (Wildman–Crippen MR) is 116 cm³/mol. The first-order valence-electron chi connectivity index (χ1n) is 10.1. The van der Waals surface area contributed by atoms with Gasteiger partial charge in [-0.3, -0.25) is 14.3 Å². The van der Waals surface area contributed by atoms with E-state index in [9.17, 15) is 14.0 Å². The maximum absolute atomic E-state index is 12.9. The molecule has 30 heavy (non-hydrogen) atoms. The molecule has 0 saturated heterocycles. The summed E-state index contributed by atoms with van der Waals surface area (Å²) in [5.41, 5.74) is 2.24. The molecule has 8 heteroatoms. The first-order chi connectivity index (χ1) is 14.3. The van der Waals surface area contributed by atoms with Gasteiger partial charge in [0.1, 0.15) is 11.0 Å². The van der Waals surface area contributed by atoms with Crippen LogP contribution in [0.1, 0.15) is 43.5 Å². The van der Waals surface area contributed by atoms with Gasteiger partial charge in [-0.25, -0.2) is 4.39 Å². The van der Waals surface area contributed by atoms with Crippen LogP contribution in [0.4, 0.5) is 4.39 Å². The summed E-state index contributed by atoms with van der Waals surface area (Å²) in [6.45, 7) is 7.07. The van der Waals surface area contributed by atoms with Crippen LogP contribution in [0.3, 0.4) is 0 Å². The molecule has 1 heterocycles. The molecular weight excluding hydrogens is 407 g/mol. The van der Waals surface area contributed by atoms with Crippen LogP contribution in [0.15, 0.2) is 30.3 Å². The molecule has 0 radical (unpaired) electrons. The molecule has 0 aliphatic heterocycles. The van der Waals surface area contributed by atoms with Crippen molar-refractivity contribution in [2.24, 2.45) is 0 Å². The van der Waals surface area contributed by atoms with Gasteiger partial charge in [0.15, 0.2) is 0 Å². The quantitative estimate of drug-likeness (QED) is 0.575. The van der Waals surface area contributed by atoms with Gasteiger partial charge in [0.25, 0.3) is 0 Å². The van der Waals surface area contributed by atoms with Gasteiger partial charge in [-0.2, -0.15) is 5.10 Å². The molecule has 6 nitrogen and oxygen atoms in total. The van der Waals surface area contributed by atoms with E-state index in [4.69, 9.17) is 11.6 Å². The number of amides is 2. The summed E-state index contributed by atoms with van der Waals surface area (Å²) >= 11 is 6.39. The Kier molecular flexibility index (Phi) is 9.05. The minimum absolute atomic E-state index is 0.0661. The van der Waals surface area contributed by atoms with Crippen LogP contribution < -0.4 is 5.32 Å². The molecule has 0 fully saturated rings. The number of nitrogens with zero attached hydrogens (tertiary/aromatic N) is 3. The number of hydrogen-bond donors (Lipinski definition) is 1. The van der Waals surface area contributed by atoms with Crippen molar-refractivity contribution in [1.82, 2.24) is 20.0 Å². The van der Waals surface area contributed by atoms with Crippen molar-refractivity contribution in [3.8, 4) is 0 Å². The third-order valence-electron chi connectivity index (χ3n) is 4.66. The number of halogens is 2. The number of aryl methyl sites for hydroxylation is 2. The van der Waals surface area contributed by atoms with Gasteiger partial charge < -0.3 is 10.2 Å². The summed E-state index contributed by atoms with van der Waals surface area (Å²) < 4.78 is 14.7. The second-order valence-electron chi connectivity index (χ2n) is 6.96. The fourth-order valence-corrected chi connectivity index (χ4v) is 3.17. The van der Waals surface area contributed by atoms with Crippen molar-refractivity contribution in [2.45, 2.75) is 46.7 Å². The average Bonchev–Trinajstić information content (AvgIpc) is 3.00. The van der Waals surface area contributed by atoms with Crippen LogP contribution in [0.5, 0.6) is 0 Å². The Hall–Kier alpha value is -2.67. The molecule has 0 saturated carbocycles. The summed E-state index contributed by atoms with van der Waals surface area (Å²) in [5.74, 6) is -0.901. The predicted octanol–water partition coefficient (Wildman–Crippen LogP) is 3.96. The van der Waals surface area contributed by atoms with Crippen molar-refractivity contribution in [1.29, 1.82) is 0 Å². The molecule has 162 valence electrons. The molecular formula is C22H28ClFN4O2. The van der Waals surface area contributed by atoms with E-state index in [0.717, 1.165) is 30.6 Å². The van der Waals surface area contributed by atoms with Crippen LogP contribution >= 0.6 is 11.6 Å². The lowest BCUT2D eigenvalue weighted by Crippen LogP contribution is -2.39. The van der Waals surface area contributed by atoms with Crippen LogP contribution in [-0.2, 0) is 22.7 Å². The van der Waals surface area contributed by atoms with Crippen molar-refractivity contribution < 1.29 is 14.0 Å². The summed E-state index contributed by atoms with van der Waals surface area (Å²) in [6.07, 6.45) is 5.07. The van der Waals surface area contributed by atoms with E-state index >= 15 is 0 Å². The van der Waals surface area contributed by atoms with Gasteiger partial charge in [-0.1, -0.05) is 37.1 Å². The number of carbonyl (C=O) groups excluding carboxylic acids is 2. The first-order valence-corrected chi connectivity index (χ1v) is 10.4. The third-order valence-corrected chi connectivity index (χ3v) is 5.05. The first kappa shape index (κ1) is 23.6. The number of nitrogens with one attached hydrogen (secondary N) is 1. The zero-order valence-electron chi connectivity index (χ0n) is 17.6. The van der Waals surface area contributed by atoms with Gasteiger partial charge >= 0.3 is 0 Å². The highest BCUT2D eigenvalue weighted by Crippen LogP contribution is 2.22. The molecule has 0 atom stereocenters. The third kappa shape index (κ3) is 6.69. The monoisotopic (exact) mass is 434 g/mol. The Morgan fingerprint density at radius 1 is 1.27 bits per heavy atom. The number of aromatic nitrogens is 2. The Morgan fingerprint density at radius 3 is 2.60 bits per heavy atom. The molecule has 1 aromatic carbocycles. The Labute approximate surface area is 181 Å². The largest absolute Gasteiger partial charge is 0.350 e. The van der Waals surface area contributed by atoms with Crippen molar-refractivity contribution in [3.05, 3.63) is 58.1 Å². The van der Waals surface area contributed by atoms with Crippen molar-refractivity contribution in [3.63, 3.8) is 0 Å². The highest BCUT2D eigenvalue weighted by molar-refractivity contribution is 6.31. The van der Waals surface area contributed by atoms with E-state index in [1.165, 1.54) is 23.1 Å². The molecule has 0 unspecified atom stereocenters. The number of unbranched alkanes of at least 4 members (excludes halogenated alkanes) is 1. The smallest absolute Gasteiger partial charge is 0.247 e. The van der Waals surface area contributed by atoms with E-state index in [1.54, 1.807) is 29.8 Å². The summed E-state index contributed by atoms with van der Waals surface area (Å²) in [5, 5.41) is 7.66. The molecule has 0 bridgehead atoms. The zero-order valence-corrected chi connectivity index (χ0v) is 18.4. The molecule has 2 rings (SSSR count). The minimum atomic E-state index is -0.328. The van der Waals surface area contributed by atoms with E-state index in [0.29, 0.717) is 17.3 Å². The second-order valence-corrected chi connectivity index (χ2v) is 7.31. The van der Waals surface area contributed by atoms with Crippen LogP contribution in [0, 0.1) is 12.7 Å². The summed E-state index contributed by atoms with van der Waals surface area (Å²) in [6, 6.07) is 5.89. The lowest BCUT2D eigenvalue weighted by Gasteiger charge is -2.18. The number of likely N-dealkylation sites (N-methyl/N-ethyl adjacent to an activating group) is 1. The highest BCUT2D eigenvalue weighted by atomic mass is 35.5. The van der Waals surface area contributed by atoms with E-state index in [1.807, 2.05) is 6.92 Å². The molecule has 1 aromatic heterocycles. The molecule has 0 aliphatic rings. The van der Waals surface area contributed by atoms with Gasteiger partial charge in [0.2, 0.25) is 11.8 Å². The summed E-state index contributed by atoms with van der Waals surface area (Å²) in [7, 11) is 0. The number of benzene rings is 1.